The fraction of sp³-hybridized carbons (Fsp3) is 0.208. The average Bonchev–Trinajstić information content (AvgIpc) is 3.19. The van der Waals surface area contributed by atoms with E-state index in [1.807, 2.05) is 44.3 Å². The number of pyridine rings is 1. The molecule has 0 aliphatic heterocycles. The van der Waals surface area contributed by atoms with Crippen LogP contribution in [0, 0.1) is 5.95 Å². The number of fused-ring (bicyclic) bond motifs is 1. The summed E-state index contributed by atoms with van der Waals surface area (Å²) in [6, 6.07) is 12.8. The number of nitrogens with zero attached hydrogens (tertiary/aromatic N) is 1. The van der Waals surface area contributed by atoms with Crippen molar-refractivity contribution in [3.63, 3.8) is 0 Å². The molecule has 0 spiro atoms. The fourth-order valence-electron chi connectivity index (χ4n) is 3.53. The van der Waals surface area contributed by atoms with E-state index in [-0.39, 0.29) is 33.3 Å². The number of aromatic amines is 1. The number of phenolic OH excluding ortho intramolecular Hbond substituents is 1. The zero-order valence-electron chi connectivity index (χ0n) is 17.5. The number of ether oxygens (including phenoxy) is 1. The number of anilines is 1. The third-order valence-electron chi connectivity index (χ3n) is 5.20. The maximum absolute atomic E-state index is 14.4. The number of aromatic hydroxyl groups is 1. The molecule has 8 heteroatoms. The molecular weight excluding hydrogens is 452 g/mol. The first-order valence-electron chi connectivity index (χ1n) is 10.2. The van der Waals surface area contributed by atoms with Crippen LogP contribution in [0.2, 0.25) is 10.0 Å². The van der Waals surface area contributed by atoms with E-state index < -0.39 is 5.95 Å². The van der Waals surface area contributed by atoms with Gasteiger partial charge in [-0.15, -0.1) is 0 Å². The molecule has 0 saturated heterocycles. The van der Waals surface area contributed by atoms with Gasteiger partial charge in [0.2, 0.25) is 5.95 Å². The summed E-state index contributed by atoms with van der Waals surface area (Å²) in [5.74, 6) is -0.165. The number of hydrogen-bond acceptors (Lipinski definition) is 4. The van der Waals surface area contributed by atoms with Crippen molar-refractivity contribution in [2.24, 2.45) is 0 Å². The van der Waals surface area contributed by atoms with Crippen molar-refractivity contribution in [3.05, 3.63) is 75.8 Å². The van der Waals surface area contributed by atoms with Crippen molar-refractivity contribution >= 4 is 39.9 Å². The number of phenols is 1. The van der Waals surface area contributed by atoms with Crippen LogP contribution in [0.15, 0.2) is 48.7 Å². The molecule has 32 heavy (non-hydrogen) atoms. The number of nitrogens with one attached hydrogen (secondary N) is 2. The Labute approximate surface area is 195 Å². The number of hydrogen-bond donors (Lipinski definition) is 3. The zero-order valence-corrected chi connectivity index (χ0v) is 19.1. The van der Waals surface area contributed by atoms with E-state index in [4.69, 9.17) is 27.9 Å². The number of H-pyrrole nitrogens is 1. The third-order valence-corrected chi connectivity index (χ3v) is 5.88. The van der Waals surface area contributed by atoms with Gasteiger partial charge in [-0.3, -0.25) is 0 Å². The summed E-state index contributed by atoms with van der Waals surface area (Å²) in [5, 5.41) is 14.0. The van der Waals surface area contributed by atoms with Crippen LogP contribution in [0.4, 0.5) is 10.2 Å². The Morgan fingerprint density at radius 2 is 1.94 bits per heavy atom. The summed E-state index contributed by atoms with van der Waals surface area (Å²) in [6.07, 6.45) is 2.63. The molecule has 2 aromatic heterocycles. The van der Waals surface area contributed by atoms with Gasteiger partial charge in [-0.1, -0.05) is 55.2 Å². The van der Waals surface area contributed by atoms with Gasteiger partial charge in [0.05, 0.1) is 0 Å². The van der Waals surface area contributed by atoms with Crippen LogP contribution in [0.5, 0.6) is 17.2 Å². The summed E-state index contributed by atoms with van der Waals surface area (Å²) in [5.41, 5.74) is 2.88. The first kappa shape index (κ1) is 22.2. The average molecular weight is 474 g/mol. The molecule has 5 nitrogen and oxygen atoms in total. The molecular formula is C24H22Cl2FN3O2. The first-order chi connectivity index (χ1) is 15.3. The largest absolute Gasteiger partial charge is 0.508 e. The zero-order chi connectivity index (χ0) is 22.8. The first-order valence-corrected chi connectivity index (χ1v) is 10.9. The van der Waals surface area contributed by atoms with E-state index >= 15 is 0 Å². The van der Waals surface area contributed by atoms with Crippen molar-refractivity contribution in [1.82, 2.24) is 9.97 Å². The highest BCUT2D eigenvalue weighted by atomic mass is 35.5. The Hall–Kier alpha value is -2.96. The van der Waals surface area contributed by atoms with E-state index in [0.29, 0.717) is 24.3 Å². The van der Waals surface area contributed by atoms with Crippen molar-refractivity contribution in [3.8, 4) is 17.2 Å². The SMILES string of the molecule is CC(C)c1cc(Oc2c(Cl)c(F)nc(NCCc3c[nH]c4ccccc34)c2Cl)ccc1O. The normalized spacial score (nSPS) is 11.3. The lowest BCUT2D eigenvalue weighted by Crippen LogP contribution is -2.08. The predicted molar refractivity (Wildman–Crippen MR) is 127 cm³/mol. The summed E-state index contributed by atoms with van der Waals surface area (Å²) < 4.78 is 20.3. The van der Waals surface area contributed by atoms with Crippen LogP contribution in [0.25, 0.3) is 10.9 Å². The van der Waals surface area contributed by atoms with Crippen LogP contribution in [0.1, 0.15) is 30.9 Å². The van der Waals surface area contributed by atoms with Crippen LogP contribution in [-0.4, -0.2) is 21.6 Å². The van der Waals surface area contributed by atoms with Gasteiger partial charge in [0, 0.05) is 29.2 Å². The molecule has 166 valence electrons. The lowest BCUT2D eigenvalue weighted by Gasteiger charge is -2.15. The van der Waals surface area contributed by atoms with E-state index in [9.17, 15) is 9.50 Å². The monoisotopic (exact) mass is 473 g/mol. The molecule has 4 rings (SSSR count). The Balaban J connectivity index is 1.55. The summed E-state index contributed by atoms with van der Waals surface area (Å²) >= 11 is 12.6. The van der Waals surface area contributed by atoms with E-state index in [1.165, 1.54) is 6.07 Å². The minimum atomic E-state index is -0.886. The molecule has 0 atom stereocenters. The van der Waals surface area contributed by atoms with Gasteiger partial charge in [0.25, 0.3) is 0 Å². The van der Waals surface area contributed by atoms with E-state index in [1.54, 1.807) is 12.1 Å². The smallest absolute Gasteiger partial charge is 0.237 e. The van der Waals surface area contributed by atoms with Crippen molar-refractivity contribution in [1.29, 1.82) is 0 Å². The minimum Gasteiger partial charge on any atom is -0.508 e. The van der Waals surface area contributed by atoms with Gasteiger partial charge in [-0.25, -0.2) is 0 Å². The van der Waals surface area contributed by atoms with Crippen LogP contribution in [-0.2, 0) is 6.42 Å². The second-order valence-corrected chi connectivity index (χ2v) is 8.48. The number of para-hydroxylation sites is 1. The summed E-state index contributed by atoms with van der Waals surface area (Å²) in [4.78, 5) is 7.08. The summed E-state index contributed by atoms with van der Waals surface area (Å²) in [7, 11) is 0. The molecule has 0 fully saturated rings. The molecule has 0 bridgehead atoms. The Bertz CT molecular complexity index is 1270. The van der Waals surface area contributed by atoms with Gasteiger partial charge < -0.3 is 20.1 Å². The number of halogens is 3. The van der Waals surface area contributed by atoms with Gasteiger partial charge >= 0.3 is 0 Å². The highest BCUT2D eigenvalue weighted by Crippen LogP contribution is 2.42. The number of aromatic nitrogens is 2. The Morgan fingerprint density at radius 1 is 1.16 bits per heavy atom. The molecule has 0 aliphatic carbocycles. The van der Waals surface area contributed by atoms with Gasteiger partial charge in [-0.2, -0.15) is 9.37 Å². The van der Waals surface area contributed by atoms with Gasteiger partial charge in [-0.05, 0) is 42.2 Å². The lowest BCUT2D eigenvalue weighted by atomic mass is 10.0. The maximum Gasteiger partial charge on any atom is 0.237 e. The van der Waals surface area contributed by atoms with E-state index in [0.717, 1.165) is 16.5 Å². The van der Waals surface area contributed by atoms with Gasteiger partial charge in [0.15, 0.2) is 11.6 Å². The Kier molecular flexibility index (Phi) is 6.44. The second-order valence-electron chi connectivity index (χ2n) is 7.72. The van der Waals surface area contributed by atoms with Crippen LogP contribution < -0.4 is 10.1 Å². The minimum absolute atomic E-state index is 0.0316. The molecule has 0 aliphatic rings. The van der Waals surface area contributed by atoms with E-state index in [2.05, 4.69) is 15.3 Å². The molecule has 0 amide bonds. The lowest BCUT2D eigenvalue weighted by molar-refractivity contribution is 0.452. The quantitative estimate of drug-likeness (QED) is 0.246. The molecule has 0 saturated carbocycles. The molecule has 3 N–H and O–H groups in total. The fourth-order valence-corrected chi connectivity index (χ4v) is 4.00. The van der Waals surface area contributed by atoms with Crippen LogP contribution in [0.3, 0.4) is 0 Å². The van der Waals surface area contributed by atoms with Crippen molar-refractivity contribution < 1.29 is 14.2 Å². The van der Waals surface area contributed by atoms with Crippen molar-refractivity contribution in [2.75, 3.05) is 11.9 Å². The molecule has 2 aromatic carbocycles. The highest BCUT2D eigenvalue weighted by Gasteiger charge is 2.20. The third kappa shape index (κ3) is 4.47. The maximum atomic E-state index is 14.4. The molecule has 0 unspecified atom stereocenters. The predicted octanol–water partition coefficient (Wildman–Crippen LogP) is 7.28. The molecule has 0 radical (unpaired) electrons. The van der Waals surface area contributed by atoms with Crippen molar-refractivity contribution in [2.45, 2.75) is 26.2 Å². The molecule has 4 aromatic rings. The van der Waals surface area contributed by atoms with Gasteiger partial charge in [0.1, 0.15) is 21.5 Å². The topological polar surface area (TPSA) is 70.2 Å². The van der Waals surface area contributed by atoms with Crippen LogP contribution >= 0.6 is 23.2 Å². The number of rotatable bonds is 7. The number of benzene rings is 2. The summed E-state index contributed by atoms with van der Waals surface area (Å²) in [6.45, 7) is 4.37. The highest BCUT2D eigenvalue weighted by molar-refractivity contribution is 6.38. The second kappa shape index (κ2) is 9.27. The standard InChI is InChI=1S/C24H22Cl2FN3O2/c1-13(2)17-11-15(7-8-19(17)31)32-22-20(25)23(27)30-24(21(22)26)28-10-9-14-12-29-18-6-4-3-5-16(14)18/h3-8,11-13,29,31H,9-10H2,1-2H3,(H,28,30). The Morgan fingerprint density at radius 3 is 2.72 bits per heavy atom. The molecule has 2 heterocycles.